The van der Waals surface area contributed by atoms with Gasteiger partial charge in [0.15, 0.2) is 0 Å². The zero-order valence-electron chi connectivity index (χ0n) is 8.65. The molecule has 0 unspecified atom stereocenters. The average molecular weight is 221 g/mol. The quantitative estimate of drug-likeness (QED) is 0.775. The lowest BCUT2D eigenvalue weighted by molar-refractivity contribution is 0.807. The Morgan fingerprint density at radius 2 is 2.00 bits per heavy atom. The van der Waals surface area contributed by atoms with Gasteiger partial charge in [0.25, 0.3) is 0 Å². The van der Waals surface area contributed by atoms with E-state index >= 15 is 0 Å². The van der Waals surface area contributed by atoms with Crippen LogP contribution < -0.4 is 0 Å². The van der Waals surface area contributed by atoms with Crippen molar-refractivity contribution in [3.05, 3.63) is 47.2 Å². The van der Waals surface area contributed by atoms with Crippen molar-refractivity contribution in [1.82, 2.24) is 9.78 Å². The van der Waals surface area contributed by atoms with Crippen molar-refractivity contribution < 1.29 is 0 Å². The molecule has 0 saturated carbocycles. The average Bonchev–Trinajstić information content (AvgIpc) is 2.63. The predicted octanol–water partition coefficient (Wildman–Crippen LogP) is 3.48. The summed E-state index contributed by atoms with van der Waals surface area (Å²) in [5.74, 6) is 0. The van der Waals surface area contributed by atoms with Gasteiger partial charge in [-0.2, -0.15) is 5.10 Å². The Balaban J connectivity index is 2.34. The molecule has 2 aromatic rings. The van der Waals surface area contributed by atoms with Crippen LogP contribution in [0, 0.1) is 0 Å². The summed E-state index contributed by atoms with van der Waals surface area (Å²) in [4.78, 5) is 0. The lowest BCUT2D eigenvalue weighted by Crippen LogP contribution is -1.95. The van der Waals surface area contributed by atoms with Crippen molar-refractivity contribution in [3.8, 4) is 5.69 Å². The van der Waals surface area contributed by atoms with Gasteiger partial charge in [0, 0.05) is 6.20 Å². The highest BCUT2D eigenvalue weighted by atomic mass is 35.5. The fourth-order valence-corrected chi connectivity index (χ4v) is 1.73. The van der Waals surface area contributed by atoms with Crippen LogP contribution in [0.15, 0.2) is 36.5 Å². The second kappa shape index (κ2) is 4.49. The molecule has 1 aromatic heterocycles. The van der Waals surface area contributed by atoms with Gasteiger partial charge in [-0.25, -0.2) is 4.68 Å². The zero-order chi connectivity index (χ0) is 10.7. The molecular weight excluding hydrogens is 208 g/mol. The first-order valence-corrected chi connectivity index (χ1v) is 5.48. The molecule has 2 rings (SSSR count). The number of hydrogen-bond acceptors (Lipinski definition) is 1. The molecule has 0 saturated heterocycles. The molecule has 0 amide bonds. The van der Waals surface area contributed by atoms with Crippen LogP contribution in [-0.2, 0) is 6.42 Å². The van der Waals surface area contributed by atoms with Gasteiger partial charge < -0.3 is 0 Å². The lowest BCUT2D eigenvalue weighted by Gasteiger charge is -1.99. The molecule has 0 aliphatic carbocycles. The molecule has 1 aromatic carbocycles. The first-order valence-electron chi connectivity index (χ1n) is 5.10. The normalized spacial score (nSPS) is 10.5. The van der Waals surface area contributed by atoms with Gasteiger partial charge in [-0.15, -0.1) is 0 Å². The Hall–Kier alpha value is -1.28. The summed E-state index contributed by atoms with van der Waals surface area (Å²) < 4.78 is 1.83. The van der Waals surface area contributed by atoms with Crippen molar-refractivity contribution in [2.24, 2.45) is 0 Å². The van der Waals surface area contributed by atoms with Crippen molar-refractivity contribution in [2.45, 2.75) is 19.8 Å². The summed E-state index contributed by atoms with van der Waals surface area (Å²) in [6.07, 6.45) is 3.85. The summed E-state index contributed by atoms with van der Waals surface area (Å²) in [7, 11) is 0. The molecule has 0 radical (unpaired) electrons. The SMILES string of the molecule is CCCc1nn(-c2ccccc2)cc1Cl. The summed E-state index contributed by atoms with van der Waals surface area (Å²) in [6.45, 7) is 2.12. The third kappa shape index (κ3) is 2.21. The maximum atomic E-state index is 6.09. The molecule has 15 heavy (non-hydrogen) atoms. The Morgan fingerprint density at radius 3 is 2.67 bits per heavy atom. The summed E-state index contributed by atoms with van der Waals surface area (Å²) >= 11 is 6.09. The van der Waals surface area contributed by atoms with Gasteiger partial charge in [0.1, 0.15) is 0 Å². The third-order valence-corrected chi connectivity index (χ3v) is 2.56. The van der Waals surface area contributed by atoms with Crippen molar-refractivity contribution >= 4 is 11.6 Å². The highest BCUT2D eigenvalue weighted by Gasteiger charge is 2.06. The fraction of sp³-hybridized carbons (Fsp3) is 0.250. The smallest absolute Gasteiger partial charge is 0.0822 e. The van der Waals surface area contributed by atoms with Crippen molar-refractivity contribution in [2.75, 3.05) is 0 Å². The van der Waals surface area contributed by atoms with Gasteiger partial charge in [-0.05, 0) is 18.6 Å². The number of para-hydroxylation sites is 1. The minimum Gasteiger partial charge on any atom is -0.239 e. The maximum Gasteiger partial charge on any atom is 0.0822 e. The molecule has 0 aliphatic rings. The Kier molecular flexibility index (Phi) is 3.07. The number of nitrogens with zero attached hydrogens (tertiary/aromatic N) is 2. The minimum atomic E-state index is 0.751. The van der Waals surface area contributed by atoms with Crippen LogP contribution in [0.2, 0.25) is 5.02 Å². The lowest BCUT2D eigenvalue weighted by atomic mass is 10.3. The Labute approximate surface area is 94.5 Å². The number of aryl methyl sites for hydroxylation is 1. The maximum absolute atomic E-state index is 6.09. The molecule has 0 aliphatic heterocycles. The minimum absolute atomic E-state index is 0.751. The largest absolute Gasteiger partial charge is 0.239 e. The molecule has 0 fully saturated rings. The molecule has 78 valence electrons. The highest BCUT2D eigenvalue weighted by molar-refractivity contribution is 6.31. The van der Waals surface area contributed by atoms with E-state index in [1.165, 1.54) is 0 Å². The highest BCUT2D eigenvalue weighted by Crippen LogP contribution is 2.18. The number of halogens is 1. The van der Waals surface area contributed by atoms with Crippen molar-refractivity contribution in [3.63, 3.8) is 0 Å². The van der Waals surface area contributed by atoms with Gasteiger partial charge in [-0.1, -0.05) is 43.1 Å². The third-order valence-electron chi connectivity index (χ3n) is 2.25. The number of hydrogen-bond donors (Lipinski definition) is 0. The molecule has 0 N–H and O–H groups in total. The van der Waals surface area contributed by atoms with Gasteiger partial charge >= 0.3 is 0 Å². The van der Waals surface area contributed by atoms with E-state index in [4.69, 9.17) is 11.6 Å². The number of benzene rings is 1. The van der Waals surface area contributed by atoms with Crippen LogP contribution in [0.25, 0.3) is 5.69 Å². The standard InChI is InChI=1S/C12H13ClN2/c1-2-6-12-11(13)9-15(14-12)10-7-4-3-5-8-10/h3-5,7-9H,2,6H2,1H3. The first kappa shape index (κ1) is 10.2. The fourth-order valence-electron chi connectivity index (χ4n) is 1.51. The summed E-state index contributed by atoms with van der Waals surface area (Å²) in [5.41, 5.74) is 2.02. The molecule has 1 heterocycles. The van der Waals surface area contributed by atoms with Crippen LogP contribution >= 0.6 is 11.6 Å². The van der Waals surface area contributed by atoms with Crippen LogP contribution in [0.5, 0.6) is 0 Å². The van der Waals surface area contributed by atoms with Gasteiger partial charge in [0.2, 0.25) is 0 Å². The van der Waals surface area contributed by atoms with E-state index in [-0.39, 0.29) is 0 Å². The summed E-state index contributed by atoms with van der Waals surface area (Å²) in [5, 5.41) is 5.21. The molecular formula is C12H13ClN2. The van der Waals surface area contributed by atoms with E-state index in [0.717, 1.165) is 29.2 Å². The van der Waals surface area contributed by atoms with Crippen LogP contribution in [0.4, 0.5) is 0 Å². The molecule has 0 bridgehead atoms. The van der Waals surface area contributed by atoms with E-state index < -0.39 is 0 Å². The van der Waals surface area contributed by atoms with Gasteiger partial charge in [0.05, 0.1) is 16.4 Å². The molecule has 0 spiro atoms. The molecule has 0 atom stereocenters. The van der Waals surface area contributed by atoms with Gasteiger partial charge in [-0.3, -0.25) is 0 Å². The monoisotopic (exact) mass is 220 g/mol. The Morgan fingerprint density at radius 1 is 1.27 bits per heavy atom. The van der Waals surface area contributed by atoms with E-state index in [9.17, 15) is 0 Å². The topological polar surface area (TPSA) is 17.8 Å². The van der Waals surface area contributed by atoms with Crippen molar-refractivity contribution in [1.29, 1.82) is 0 Å². The second-order valence-electron chi connectivity index (χ2n) is 3.45. The first-order chi connectivity index (χ1) is 7.31. The van der Waals surface area contributed by atoms with E-state index in [2.05, 4.69) is 12.0 Å². The number of rotatable bonds is 3. The van der Waals surface area contributed by atoms with E-state index in [1.807, 2.05) is 41.2 Å². The second-order valence-corrected chi connectivity index (χ2v) is 3.86. The van der Waals surface area contributed by atoms with E-state index in [0.29, 0.717) is 0 Å². The molecule has 3 heteroatoms. The zero-order valence-corrected chi connectivity index (χ0v) is 9.41. The van der Waals surface area contributed by atoms with E-state index in [1.54, 1.807) is 0 Å². The molecule has 2 nitrogen and oxygen atoms in total. The van der Waals surface area contributed by atoms with Crippen LogP contribution in [0.1, 0.15) is 19.0 Å². The summed E-state index contributed by atoms with van der Waals surface area (Å²) in [6, 6.07) is 9.99. The van der Waals surface area contributed by atoms with Crippen LogP contribution in [0.3, 0.4) is 0 Å². The predicted molar refractivity (Wildman–Crippen MR) is 62.6 cm³/mol. The Bertz CT molecular complexity index is 434. The van der Waals surface area contributed by atoms with Crippen LogP contribution in [-0.4, -0.2) is 9.78 Å². The number of aromatic nitrogens is 2.